The van der Waals surface area contributed by atoms with Crippen molar-refractivity contribution in [2.75, 3.05) is 0 Å². The maximum atomic E-state index is 12.2. The summed E-state index contributed by atoms with van der Waals surface area (Å²) < 4.78 is 31.7. The molecule has 1 aromatic carbocycles. The first-order valence-corrected chi connectivity index (χ1v) is 5.09. The van der Waals surface area contributed by atoms with E-state index in [1.165, 1.54) is 12.1 Å². The Kier molecular flexibility index (Phi) is 1.76. The molecule has 0 bridgehead atoms. The molecule has 15 heavy (non-hydrogen) atoms. The van der Waals surface area contributed by atoms with Crippen LogP contribution in [-0.2, 0) is 10.3 Å². The van der Waals surface area contributed by atoms with Crippen LogP contribution in [0.3, 0.4) is 0 Å². The summed E-state index contributed by atoms with van der Waals surface area (Å²) in [6.45, 7) is 0. The molecule has 0 saturated heterocycles. The lowest BCUT2D eigenvalue weighted by Crippen LogP contribution is -2.47. The molecule has 0 heterocycles. The smallest absolute Gasteiger partial charge is 0.157 e. The average molecular weight is 228 g/mol. The summed E-state index contributed by atoms with van der Waals surface area (Å²) in [5, 5.41) is 0.167. The molecule has 2 N–H and O–H groups in total. The molecule has 1 aromatic rings. The molecule has 0 spiro atoms. The molecule has 2 nitrogen and oxygen atoms in total. The van der Waals surface area contributed by atoms with Crippen molar-refractivity contribution >= 4 is 17.4 Å². The molecule has 1 fully saturated rings. The van der Waals surface area contributed by atoms with Crippen LogP contribution in [0.2, 0.25) is 5.02 Å². The average Bonchev–Trinajstić information content (AvgIpc) is 2.33. The second-order valence-corrected chi connectivity index (χ2v) is 3.92. The van der Waals surface area contributed by atoms with Crippen LogP contribution in [0, 0.1) is 0 Å². The Bertz CT molecular complexity index is 534. The molecule has 1 aliphatic carbocycles. The van der Waals surface area contributed by atoms with Crippen LogP contribution in [0.5, 0.6) is 0 Å². The Balaban J connectivity index is 2.68. The number of halogens is 1. The topological polar surface area (TPSA) is 43.1 Å². The van der Waals surface area contributed by atoms with Crippen molar-refractivity contribution in [2.45, 2.75) is 31.1 Å². The molecule has 2 rings (SSSR count). The normalized spacial score (nSPS) is 37.3. The van der Waals surface area contributed by atoms with E-state index >= 15 is 0 Å². The van der Waals surface area contributed by atoms with Gasteiger partial charge in [-0.3, -0.25) is 4.79 Å². The second-order valence-electron chi connectivity index (χ2n) is 3.51. The Morgan fingerprint density at radius 2 is 2.20 bits per heavy atom. The highest BCUT2D eigenvalue weighted by Crippen LogP contribution is 2.35. The standard InChI is InChI=1S/C12H14ClNO/c13-10-6-2-1-5-9(10)12(14)8-4-3-7-11(12)15/h1-2,5-6H,3-4,7-8,14H2/i4D2,8D2. The van der Waals surface area contributed by atoms with Crippen molar-refractivity contribution in [1.82, 2.24) is 0 Å². The molecule has 1 unspecified atom stereocenters. The minimum atomic E-state index is -2.53. The number of Topliss-reactive ketones (excluding diaryl/α,β-unsaturated/α-hetero) is 1. The molecule has 1 saturated carbocycles. The van der Waals surface area contributed by atoms with Crippen molar-refractivity contribution in [3.63, 3.8) is 0 Å². The maximum Gasteiger partial charge on any atom is 0.157 e. The fourth-order valence-electron chi connectivity index (χ4n) is 1.64. The number of hydrogen-bond acceptors (Lipinski definition) is 2. The lowest BCUT2D eigenvalue weighted by atomic mass is 9.76. The van der Waals surface area contributed by atoms with E-state index in [1.807, 2.05) is 0 Å². The summed E-state index contributed by atoms with van der Waals surface area (Å²) >= 11 is 6.01. The van der Waals surface area contributed by atoms with E-state index in [9.17, 15) is 4.79 Å². The summed E-state index contributed by atoms with van der Waals surface area (Å²) in [6, 6.07) is 6.23. The molecular weight excluding hydrogens is 210 g/mol. The zero-order chi connectivity index (χ0) is 14.5. The summed E-state index contributed by atoms with van der Waals surface area (Å²) in [7, 11) is 0. The van der Waals surface area contributed by atoms with E-state index in [-0.39, 0.29) is 23.4 Å². The van der Waals surface area contributed by atoms with Crippen molar-refractivity contribution in [3.05, 3.63) is 34.9 Å². The van der Waals surface area contributed by atoms with Crippen LogP contribution in [0.15, 0.2) is 24.3 Å². The highest BCUT2D eigenvalue weighted by Gasteiger charge is 2.38. The van der Waals surface area contributed by atoms with Crippen molar-refractivity contribution in [1.29, 1.82) is 0 Å². The number of rotatable bonds is 1. The molecule has 0 aliphatic heterocycles. The highest BCUT2D eigenvalue weighted by atomic mass is 35.5. The Morgan fingerprint density at radius 1 is 1.47 bits per heavy atom. The summed E-state index contributed by atoms with van der Waals surface area (Å²) in [5.41, 5.74) is 4.10. The van der Waals surface area contributed by atoms with Gasteiger partial charge in [0.15, 0.2) is 5.78 Å². The van der Waals surface area contributed by atoms with E-state index in [2.05, 4.69) is 0 Å². The van der Waals surface area contributed by atoms with E-state index < -0.39 is 24.1 Å². The predicted octanol–water partition coefficient (Wildman–Crippen LogP) is 2.64. The van der Waals surface area contributed by atoms with Gasteiger partial charge in [0.1, 0.15) is 5.54 Å². The summed E-state index contributed by atoms with van der Waals surface area (Å²) in [6.07, 6.45) is -4.99. The Morgan fingerprint density at radius 3 is 2.93 bits per heavy atom. The zero-order valence-corrected chi connectivity index (χ0v) is 8.84. The van der Waals surface area contributed by atoms with Gasteiger partial charge in [-0.25, -0.2) is 0 Å². The van der Waals surface area contributed by atoms with E-state index in [1.54, 1.807) is 12.1 Å². The van der Waals surface area contributed by atoms with Crippen molar-refractivity contribution in [2.24, 2.45) is 5.73 Å². The number of nitrogens with two attached hydrogens (primary N) is 1. The molecule has 1 atom stereocenters. The quantitative estimate of drug-likeness (QED) is 0.802. The third kappa shape index (κ3) is 1.80. The lowest BCUT2D eigenvalue weighted by Gasteiger charge is -2.32. The van der Waals surface area contributed by atoms with Crippen LogP contribution in [0.25, 0.3) is 0 Å². The van der Waals surface area contributed by atoms with E-state index in [0.717, 1.165) is 0 Å². The van der Waals surface area contributed by atoms with Gasteiger partial charge < -0.3 is 5.73 Å². The minimum absolute atomic E-state index is 0.103. The number of hydrogen-bond donors (Lipinski definition) is 1. The van der Waals surface area contributed by atoms with Gasteiger partial charge in [0, 0.05) is 16.9 Å². The third-order valence-corrected chi connectivity index (χ3v) is 2.83. The number of carbonyl (C=O) groups excluding carboxylic acids is 1. The number of ketones is 1. The monoisotopic (exact) mass is 227 g/mol. The molecular formula is C12H14ClNO. The van der Waals surface area contributed by atoms with E-state index in [4.69, 9.17) is 22.8 Å². The first-order valence-electron chi connectivity index (χ1n) is 6.72. The van der Waals surface area contributed by atoms with Crippen LogP contribution >= 0.6 is 11.6 Å². The van der Waals surface area contributed by atoms with Crippen LogP contribution in [0.1, 0.15) is 36.6 Å². The SMILES string of the molecule is [2H]C1([2H])CCC(=O)C(N)(c2ccccc2Cl)C1([2H])[2H]. The summed E-state index contributed by atoms with van der Waals surface area (Å²) in [5.74, 6) is -0.527. The minimum Gasteiger partial charge on any atom is -0.315 e. The Hall–Kier alpha value is -0.860. The van der Waals surface area contributed by atoms with Gasteiger partial charge in [-0.05, 0) is 24.4 Å². The fourth-order valence-corrected chi connectivity index (χ4v) is 1.93. The van der Waals surface area contributed by atoms with Gasteiger partial charge in [-0.2, -0.15) is 0 Å². The first kappa shape index (κ1) is 6.66. The largest absolute Gasteiger partial charge is 0.315 e. The molecule has 80 valence electrons. The van der Waals surface area contributed by atoms with Crippen LogP contribution in [0.4, 0.5) is 0 Å². The predicted molar refractivity (Wildman–Crippen MR) is 60.8 cm³/mol. The lowest BCUT2D eigenvalue weighted by molar-refractivity contribution is -0.126. The van der Waals surface area contributed by atoms with Crippen molar-refractivity contribution in [3.8, 4) is 0 Å². The molecule has 0 amide bonds. The zero-order valence-electron chi connectivity index (χ0n) is 12.1. The van der Waals surface area contributed by atoms with Gasteiger partial charge in [0.25, 0.3) is 0 Å². The fraction of sp³-hybridized carbons (Fsp3) is 0.417. The van der Waals surface area contributed by atoms with Gasteiger partial charge >= 0.3 is 0 Å². The van der Waals surface area contributed by atoms with Gasteiger partial charge in [0.05, 0.1) is 0 Å². The second kappa shape index (κ2) is 3.95. The number of benzene rings is 1. The van der Waals surface area contributed by atoms with Crippen LogP contribution < -0.4 is 5.73 Å². The molecule has 0 radical (unpaired) electrons. The summed E-state index contributed by atoms with van der Waals surface area (Å²) in [4.78, 5) is 12.2. The molecule has 0 aromatic heterocycles. The third-order valence-electron chi connectivity index (χ3n) is 2.50. The Labute approximate surface area is 100 Å². The maximum absolute atomic E-state index is 12.2. The highest BCUT2D eigenvalue weighted by molar-refractivity contribution is 6.31. The van der Waals surface area contributed by atoms with Gasteiger partial charge in [-0.1, -0.05) is 36.2 Å². The first-order chi connectivity index (χ1) is 8.64. The molecule has 3 heteroatoms. The van der Waals surface area contributed by atoms with Gasteiger partial charge in [-0.15, -0.1) is 0 Å². The van der Waals surface area contributed by atoms with Crippen molar-refractivity contribution < 1.29 is 10.3 Å². The van der Waals surface area contributed by atoms with Crippen LogP contribution in [-0.4, -0.2) is 5.78 Å². The van der Waals surface area contributed by atoms with Gasteiger partial charge in [0.2, 0.25) is 0 Å². The molecule has 1 aliphatic rings. The number of carbonyl (C=O) groups is 1. The van der Waals surface area contributed by atoms with E-state index in [0.29, 0.717) is 0 Å².